The molecule has 3 nitrogen and oxygen atoms in total. The van der Waals surface area contributed by atoms with Gasteiger partial charge in [-0.25, -0.2) is 0 Å². The molecule has 1 aliphatic rings. The summed E-state index contributed by atoms with van der Waals surface area (Å²) in [4.78, 5) is 10.8. The number of carbonyl (C=O) groups is 1. The first kappa shape index (κ1) is 9.52. The summed E-state index contributed by atoms with van der Waals surface area (Å²) < 4.78 is 0. The standard InChI is InChI=1S/C9H18N2O/c1-2-9(11,6-8(10)12)7-4-3-5-7/h7H,2-6,11H2,1H3,(H2,10,12). The SMILES string of the molecule is CCC(N)(CC(N)=O)C1CCC1. The number of rotatable bonds is 4. The lowest BCUT2D eigenvalue weighted by molar-refractivity contribution is -0.120. The van der Waals surface area contributed by atoms with Crippen molar-refractivity contribution in [3.8, 4) is 0 Å². The van der Waals surface area contributed by atoms with Crippen LogP contribution in [0.1, 0.15) is 39.0 Å². The fourth-order valence-corrected chi connectivity index (χ4v) is 1.87. The van der Waals surface area contributed by atoms with Crippen LogP contribution >= 0.6 is 0 Å². The van der Waals surface area contributed by atoms with E-state index in [1.165, 1.54) is 6.42 Å². The molecule has 1 saturated carbocycles. The van der Waals surface area contributed by atoms with Crippen LogP contribution in [-0.2, 0) is 4.79 Å². The number of nitrogens with two attached hydrogens (primary N) is 2. The van der Waals surface area contributed by atoms with Crippen molar-refractivity contribution >= 4 is 5.91 Å². The molecular weight excluding hydrogens is 152 g/mol. The molecule has 3 heteroatoms. The van der Waals surface area contributed by atoms with Crippen LogP contribution in [0.25, 0.3) is 0 Å². The van der Waals surface area contributed by atoms with Gasteiger partial charge in [0.25, 0.3) is 0 Å². The van der Waals surface area contributed by atoms with Crippen LogP contribution in [0.2, 0.25) is 0 Å². The Kier molecular flexibility index (Phi) is 2.73. The minimum absolute atomic E-state index is 0.272. The Morgan fingerprint density at radius 1 is 1.58 bits per heavy atom. The summed E-state index contributed by atoms with van der Waals surface area (Å²) in [7, 11) is 0. The minimum Gasteiger partial charge on any atom is -0.370 e. The predicted octanol–water partition coefficient (Wildman–Crippen LogP) is 0.769. The normalized spacial score (nSPS) is 22.8. The molecule has 0 radical (unpaired) electrons. The number of hydrogen-bond acceptors (Lipinski definition) is 2. The third-order valence-corrected chi connectivity index (χ3v) is 3.08. The Balaban J connectivity index is 2.53. The van der Waals surface area contributed by atoms with Gasteiger partial charge in [-0.05, 0) is 25.2 Å². The van der Waals surface area contributed by atoms with E-state index in [4.69, 9.17) is 11.5 Å². The molecule has 0 aromatic rings. The number of carbonyl (C=O) groups excluding carboxylic acids is 1. The van der Waals surface area contributed by atoms with Crippen molar-refractivity contribution in [2.24, 2.45) is 17.4 Å². The van der Waals surface area contributed by atoms with E-state index < -0.39 is 0 Å². The topological polar surface area (TPSA) is 69.1 Å². The highest BCUT2D eigenvalue weighted by atomic mass is 16.1. The maximum atomic E-state index is 10.8. The summed E-state index contributed by atoms with van der Waals surface area (Å²) in [6.45, 7) is 2.03. The fraction of sp³-hybridized carbons (Fsp3) is 0.889. The lowest BCUT2D eigenvalue weighted by Crippen LogP contribution is -2.51. The molecule has 0 spiro atoms. The largest absolute Gasteiger partial charge is 0.370 e. The highest BCUT2D eigenvalue weighted by Crippen LogP contribution is 2.38. The molecule has 1 aliphatic carbocycles. The molecule has 0 heterocycles. The summed E-state index contributed by atoms with van der Waals surface area (Å²) >= 11 is 0. The highest BCUT2D eigenvalue weighted by molar-refractivity contribution is 5.75. The van der Waals surface area contributed by atoms with E-state index in [0.717, 1.165) is 19.3 Å². The number of hydrogen-bond donors (Lipinski definition) is 2. The van der Waals surface area contributed by atoms with Gasteiger partial charge in [0.1, 0.15) is 0 Å². The van der Waals surface area contributed by atoms with E-state index in [0.29, 0.717) is 12.3 Å². The second-order valence-corrected chi connectivity index (χ2v) is 3.86. The zero-order valence-electron chi connectivity index (χ0n) is 7.68. The fourth-order valence-electron chi connectivity index (χ4n) is 1.87. The smallest absolute Gasteiger partial charge is 0.219 e. The van der Waals surface area contributed by atoms with E-state index in [2.05, 4.69) is 0 Å². The summed E-state index contributed by atoms with van der Waals surface area (Å²) in [5.74, 6) is 0.251. The van der Waals surface area contributed by atoms with Gasteiger partial charge < -0.3 is 11.5 Å². The van der Waals surface area contributed by atoms with Crippen LogP contribution in [0.3, 0.4) is 0 Å². The Bertz CT molecular complexity index is 177. The third-order valence-electron chi connectivity index (χ3n) is 3.08. The van der Waals surface area contributed by atoms with Gasteiger partial charge in [0.15, 0.2) is 0 Å². The molecule has 12 heavy (non-hydrogen) atoms. The minimum atomic E-state index is -0.315. The Morgan fingerprint density at radius 3 is 2.42 bits per heavy atom. The molecule has 0 saturated heterocycles. The molecule has 1 amide bonds. The summed E-state index contributed by atoms with van der Waals surface area (Å²) in [5, 5.41) is 0. The van der Waals surface area contributed by atoms with E-state index in [1.807, 2.05) is 6.92 Å². The lowest BCUT2D eigenvalue weighted by Gasteiger charge is -2.41. The van der Waals surface area contributed by atoms with Gasteiger partial charge in [-0.1, -0.05) is 13.3 Å². The molecule has 1 atom stereocenters. The van der Waals surface area contributed by atoms with Crippen molar-refractivity contribution in [2.75, 3.05) is 0 Å². The second-order valence-electron chi connectivity index (χ2n) is 3.86. The van der Waals surface area contributed by atoms with Crippen molar-refractivity contribution < 1.29 is 4.79 Å². The van der Waals surface area contributed by atoms with Gasteiger partial charge in [-0.15, -0.1) is 0 Å². The first-order valence-electron chi connectivity index (χ1n) is 4.65. The predicted molar refractivity (Wildman–Crippen MR) is 48.4 cm³/mol. The van der Waals surface area contributed by atoms with Crippen LogP contribution in [0.4, 0.5) is 0 Å². The summed E-state index contributed by atoms with van der Waals surface area (Å²) in [6, 6.07) is 0. The monoisotopic (exact) mass is 170 g/mol. The van der Waals surface area contributed by atoms with Gasteiger partial charge in [0.05, 0.1) is 0 Å². The Morgan fingerprint density at radius 2 is 2.17 bits per heavy atom. The second kappa shape index (κ2) is 3.44. The first-order chi connectivity index (χ1) is 5.58. The maximum absolute atomic E-state index is 10.8. The number of primary amides is 1. The van der Waals surface area contributed by atoms with Crippen LogP contribution < -0.4 is 11.5 Å². The van der Waals surface area contributed by atoms with Gasteiger partial charge in [0, 0.05) is 12.0 Å². The van der Waals surface area contributed by atoms with E-state index in [9.17, 15) is 4.79 Å². The molecule has 1 fully saturated rings. The zero-order valence-corrected chi connectivity index (χ0v) is 7.68. The molecule has 0 aromatic heterocycles. The van der Waals surface area contributed by atoms with Crippen LogP contribution in [0.5, 0.6) is 0 Å². The summed E-state index contributed by atoms with van der Waals surface area (Å²) in [6.07, 6.45) is 4.77. The number of amides is 1. The molecular formula is C9H18N2O. The van der Waals surface area contributed by atoms with E-state index in [-0.39, 0.29) is 11.4 Å². The Hall–Kier alpha value is -0.570. The lowest BCUT2D eigenvalue weighted by atomic mass is 9.68. The van der Waals surface area contributed by atoms with Gasteiger partial charge >= 0.3 is 0 Å². The van der Waals surface area contributed by atoms with Crippen molar-refractivity contribution in [3.63, 3.8) is 0 Å². The van der Waals surface area contributed by atoms with Gasteiger partial charge in [0.2, 0.25) is 5.91 Å². The van der Waals surface area contributed by atoms with Crippen molar-refractivity contribution in [1.82, 2.24) is 0 Å². The van der Waals surface area contributed by atoms with Crippen LogP contribution in [0, 0.1) is 5.92 Å². The quantitative estimate of drug-likeness (QED) is 0.654. The van der Waals surface area contributed by atoms with Crippen LogP contribution in [0.15, 0.2) is 0 Å². The van der Waals surface area contributed by atoms with Crippen molar-refractivity contribution in [1.29, 1.82) is 0 Å². The average molecular weight is 170 g/mol. The molecule has 0 bridgehead atoms. The third kappa shape index (κ3) is 1.78. The molecule has 1 rings (SSSR count). The molecule has 0 aromatic carbocycles. The first-order valence-corrected chi connectivity index (χ1v) is 4.65. The highest BCUT2D eigenvalue weighted by Gasteiger charge is 2.37. The van der Waals surface area contributed by atoms with E-state index in [1.54, 1.807) is 0 Å². The molecule has 1 unspecified atom stereocenters. The van der Waals surface area contributed by atoms with Gasteiger partial charge in [-0.2, -0.15) is 0 Å². The molecule has 0 aliphatic heterocycles. The average Bonchev–Trinajstić information content (AvgIpc) is 1.81. The Labute approximate surface area is 73.5 Å². The maximum Gasteiger partial charge on any atom is 0.219 e. The van der Waals surface area contributed by atoms with E-state index >= 15 is 0 Å². The molecule has 70 valence electrons. The van der Waals surface area contributed by atoms with Gasteiger partial charge in [-0.3, -0.25) is 4.79 Å². The van der Waals surface area contributed by atoms with Crippen molar-refractivity contribution in [2.45, 2.75) is 44.6 Å². The van der Waals surface area contributed by atoms with Crippen molar-refractivity contribution in [3.05, 3.63) is 0 Å². The van der Waals surface area contributed by atoms with Crippen LogP contribution in [-0.4, -0.2) is 11.4 Å². The summed E-state index contributed by atoms with van der Waals surface area (Å²) in [5.41, 5.74) is 10.9. The molecule has 4 N–H and O–H groups in total. The zero-order chi connectivity index (χ0) is 9.19.